The highest BCUT2D eigenvalue weighted by molar-refractivity contribution is 5.70. The number of esters is 1. The maximum absolute atomic E-state index is 13.1. The number of rotatable bonds is 7. The molecule has 0 fully saturated rings. The van der Waals surface area contributed by atoms with Gasteiger partial charge in [-0.3, -0.25) is 4.79 Å². The zero-order valence-corrected chi connectivity index (χ0v) is 13.1. The van der Waals surface area contributed by atoms with Crippen molar-refractivity contribution in [3.8, 4) is 0 Å². The molecular formula is C16H24FNO3. The van der Waals surface area contributed by atoms with Crippen molar-refractivity contribution in [2.24, 2.45) is 0 Å². The Morgan fingerprint density at radius 2 is 2.19 bits per heavy atom. The Labute approximate surface area is 125 Å². The highest BCUT2D eigenvalue weighted by Gasteiger charge is 2.26. The van der Waals surface area contributed by atoms with Crippen LogP contribution in [0.3, 0.4) is 0 Å². The molecule has 0 heterocycles. The number of benzene rings is 1. The third kappa shape index (κ3) is 5.10. The van der Waals surface area contributed by atoms with Crippen molar-refractivity contribution in [1.29, 1.82) is 0 Å². The first-order valence-corrected chi connectivity index (χ1v) is 7.07. The summed E-state index contributed by atoms with van der Waals surface area (Å²) in [7, 11) is 1.36. The average molecular weight is 297 g/mol. The van der Waals surface area contributed by atoms with Gasteiger partial charge in [-0.05, 0) is 43.5 Å². The van der Waals surface area contributed by atoms with Crippen molar-refractivity contribution >= 4 is 5.97 Å². The second kappa shape index (κ2) is 7.52. The average Bonchev–Trinajstić information content (AvgIpc) is 2.44. The van der Waals surface area contributed by atoms with Gasteiger partial charge >= 0.3 is 5.97 Å². The fraction of sp³-hybridized carbons (Fsp3) is 0.562. The SMILES string of the molecule is CCC(C)(CC(=O)OC)NCC(O)c1ccc(F)cc1C. The Kier molecular flexibility index (Phi) is 6.30. The number of carbonyl (C=O) groups is 1. The van der Waals surface area contributed by atoms with Gasteiger partial charge in [0.15, 0.2) is 0 Å². The lowest BCUT2D eigenvalue weighted by Gasteiger charge is -2.30. The van der Waals surface area contributed by atoms with E-state index >= 15 is 0 Å². The van der Waals surface area contributed by atoms with Crippen molar-refractivity contribution in [3.63, 3.8) is 0 Å². The van der Waals surface area contributed by atoms with Crippen LogP contribution in [-0.4, -0.2) is 30.3 Å². The van der Waals surface area contributed by atoms with E-state index in [4.69, 9.17) is 0 Å². The minimum Gasteiger partial charge on any atom is -0.469 e. The van der Waals surface area contributed by atoms with Gasteiger partial charge < -0.3 is 15.2 Å². The third-order valence-corrected chi connectivity index (χ3v) is 3.86. The largest absolute Gasteiger partial charge is 0.469 e. The van der Waals surface area contributed by atoms with Gasteiger partial charge in [0.1, 0.15) is 5.82 Å². The summed E-state index contributed by atoms with van der Waals surface area (Å²) >= 11 is 0. The number of aliphatic hydroxyl groups is 1. The van der Waals surface area contributed by atoms with Crippen molar-refractivity contribution in [1.82, 2.24) is 5.32 Å². The van der Waals surface area contributed by atoms with E-state index in [1.807, 2.05) is 13.8 Å². The molecule has 0 saturated carbocycles. The molecule has 0 aromatic heterocycles. The lowest BCUT2D eigenvalue weighted by atomic mass is 9.93. The minimum absolute atomic E-state index is 0.231. The number of β-amino-alcohol motifs (C(OH)–C–C–N with tert-alkyl or cyclic N) is 1. The monoisotopic (exact) mass is 297 g/mol. The molecule has 0 spiro atoms. The highest BCUT2D eigenvalue weighted by atomic mass is 19.1. The van der Waals surface area contributed by atoms with Gasteiger partial charge in [-0.15, -0.1) is 0 Å². The van der Waals surface area contributed by atoms with Crippen LogP contribution in [0, 0.1) is 12.7 Å². The van der Waals surface area contributed by atoms with Crippen LogP contribution in [0.2, 0.25) is 0 Å². The topological polar surface area (TPSA) is 58.6 Å². The molecule has 4 nitrogen and oxygen atoms in total. The summed E-state index contributed by atoms with van der Waals surface area (Å²) in [6.07, 6.45) is 0.195. The van der Waals surface area contributed by atoms with Crippen molar-refractivity contribution < 1.29 is 19.0 Å². The van der Waals surface area contributed by atoms with Crippen molar-refractivity contribution in [2.45, 2.75) is 45.3 Å². The molecule has 118 valence electrons. The zero-order chi connectivity index (χ0) is 16.0. The first-order valence-electron chi connectivity index (χ1n) is 7.07. The van der Waals surface area contributed by atoms with Crippen molar-refractivity contribution in [2.75, 3.05) is 13.7 Å². The number of nitrogens with one attached hydrogen (secondary N) is 1. The molecular weight excluding hydrogens is 273 g/mol. The summed E-state index contributed by atoms with van der Waals surface area (Å²) in [5, 5.41) is 13.4. The van der Waals surface area contributed by atoms with Gasteiger partial charge in [0.05, 0.1) is 19.6 Å². The fourth-order valence-electron chi connectivity index (χ4n) is 2.17. The van der Waals surface area contributed by atoms with Crippen LogP contribution in [0.1, 0.15) is 43.9 Å². The van der Waals surface area contributed by atoms with Crippen LogP contribution in [0.15, 0.2) is 18.2 Å². The summed E-state index contributed by atoms with van der Waals surface area (Å²) in [6, 6.07) is 4.31. The second-order valence-electron chi connectivity index (χ2n) is 5.56. The molecule has 1 rings (SSSR count). The Bertz CT molecular complexity index is 492. The zero-order valence-electron chi connectivity index (χ0n) is 13.1. The lowest BCUT2D eigenvalue weighted by molar-refractivity contribution is -0.142. The Hall–Kier alpha value is -1.46. The quantitative estimate of drug-likeness (QED) is 0.759. The number of hydrogen-bond acceptors (Lipinski definition) is 4. The molecule has 5 heteroatoms. The van der Waals surface area contributed by atoms with Gasteiger partial charge in [-0.1, -0.05) is 13.0 Å². The van der Waals surface area contributed by atoms with E-state index in [0.29, 0.717) is 11.1 Å². The first kappa shape index (κ1) is 17.6. The molecule has 0 aliphatic rings. The van der Waals surface area contributed by atoms with Gasteiger partial charge in [-0.2, -0.15) is 0 Å². The number of aliphatic hydroxyl groups excluding tert-OH is 1. The number of aryl methyl sites for hydroxylation is 1. The van der Waals surface area contributed by atoms with Crippen LogP contribution in [0.4, 0.5) is 4.39 Å². The molecule has 1 aromatic rings. The summed E-state index contributed by atoms with van der Waals surface area (Å²) in [6.45, 7) is 5.92. The predicted molar refractivity (Wildman–Crippen MR) is 79.4 cm³/mol. The van der Waals surface area contributed by atoms with E-state index in [-0.39, 0.29) is 24.8 Å². The van der Waals surface area contributed by atoms with Gasteiger partial charge in [0.25, 0.3) is 0 Å². The van der Waals surface area contributed by atoms with E-state index < -0.39 is 11.6 Å². The molecule has 21 heavy (non-hydrogen) atoms. The van der Waals surface area contributed by atoms with Gasteiger partial charge in [0, 0.05) is 12.1 Å². The molecule has 1 aromatic carbocycles. The highest BCUT2D eigenvalue weighted by Crippen LogP contribution is 2.21. The summed E-state index contributed by atoms with van der Waals surface area (Å²) in [5.41, 5.74) is 0.943. The lowest BCUT2D eigenvalue weighted by Crippen LogP contribution is -2.45. The number of carbonyl (C=O) groups excluding carboxylic acids is 1. The standard InChI is InChI=1S/C16H24FNO3/c1-5-16(3,9-15(20)21-4)18-10-14(19)13-7-6-12(17)8-11(13)2/h6-8,14,18-19H,5,9-10H2,1-4H3. The van der Waals surface area contributed by atoms with Crippen LogP contribution in [-0.2, 0) is 9.53 Å². The van der Waals surface area contributed by atoms with E-state index in [0.717, 1.165) is 6.42 Å². The first-order chi connectivity index (χ1) is 9.81. The fourth-order valence-corrected chi connectivity index (χ4v) is 2.17. The van der Waals surface area contributed by atoms with E-state index in [2.05, 4.69) is 10.1 Å². The normalized spacial score (nSPS) is 15.3. The van der Waals surface area contributed by atoms with E-state index in [9.17, 15) is 14.3 Å². The summed E-state index contributed by atoms with van der Waals surface area (Å²) in [4.78, 5) is 11.4. The Balaban J connectivity index is 2.69. The molecule has 0 aliphatic heterocycles. The molecule has 2 unspecified atom stereocenters. The third-order valence-electron chi connectivity index (χ3n) is 3.86. The molecule has 0 bridgehead atoms. The smallest absolute Gasteiger partial charge is 0.307 e. The summed E-state index contributed by atoms with van der Waals surface area (Å²) in [5.74, 6) is -0.611. The van der Waals surface area contributed by atoms with Crippen molar-refractivity contribution in [3.05, 3.63) is 35.1 Å². The maximum atomic E-state index is 13.1. The maximum Gasteiger partial charge on any atom is 0.307 e. The number of methoxy groups -OCH3 is 1. The van der Waals surface area contributed by atoms with Crippen LogP contribution >= 0.6 is 0 Å². The summed E-state index contributed by atoms with van der Waals surface area (Å²) < 4.78 is 17.8. The molecule has 2 atom stereocenters. The number of ether oxygens (including phenoxy) is 1. The second-order valence-corrected chi connectivity index (χ2v) is 5.56. The van der Waals surface area contributed by atoms with Gasteiger partial charge in [-0.25, -0.2) is 4.39 Å². The van der Waals surface area contributed by atoms with Crippen LogP contribution in [0.5, 0.6) is 0 Å². The predicted octanol–water partition coefficient (Wildman–Crippen LogP) is 2.49. The Morgan fingerprint density at radius 3 is 2.71 bits per heavy atom. The molecule has 2 N–H and O–H groups in total. The van der Waals surface area contributed by atoms with Crippen LogP contribution in [0.25, 0.3) is 0 Å². The molecule has 0 radical (unpaired) electrons. The van der Waals surface area contributed by atoms with Crippen LogP contribution < -0.4 is 5.32 Å². The van der Waals surface area contributed by atoms with Gasteiger partial charge in [0.2, 0.25) is 0 Å². The number of hydrogen-bond donors (Lipinski definition) is 2. The molecule has 0 aliphatic carbocycles. The van der Waals surface area contributed by atoms with E-state index in [1.54, 1.807) is 13.0 Å². The molecule has 0 saturated heterocycles. The molecule has 0 amide bonds. The van der Waals surface area contributed by atoms with E-state index in [1.165, 1.54) is 19.2 Å². The Morgan fingerprint density at radius 1 is 1.52 bits per heavy atom. The number of halogens is 1. The minimum atomic E-state index is -0.755.